The first-order chi connectivity index (χ1) is 11.1. The lowest BCUT2D eigenvalue weighted by Crippen LogP contribution is -2.53. The summed E-state index contributed by atoms with van der Waals surface area (Å²) in [6.45, 7) is 4.91. The fourth-order valence-corrected chi connectivity index (χ4v) is 2.61. The lowest BCUT2D eigenvalue weighted by atomic mass is 10.2. The first kappa shape index (κ1) is 15.6. The van der Waals surface area contributed by atoms with Crippen molar-refractivity contribution in [1.29, 1.82) is 0 Å². The fourth-order valence-electron chi connectivity index (χ4n) is 2.61. The van der Waals surface area contributed by atoms with E-state index in [2.05, 4.69) is 16.0 Å². The molecule has 0 spiro atoms. The maximum absolute atomic E-state index is 12.0. The Morgan fingerprint density at radius 2 is 2.17 bits per heavy atom. The second kappa shape index (κ2) is 6.84. The summed E-state index contributed by atoms with van der Waals surface area (Å²) in [4.78, 5) is 25.9. The highest BCUT2D eigenvalue weighted by Crippen LogP contribution is 2.34. The topological polar surface area (TPSA) is 91.9 Å². The lowest BCUT2D eigenvalue weighted by molar-refractivity contribution is -0.121. The Kier molecular flexibility index (Phi) is 4.63. The van der Waals surface area contributed by atoms with E-state index in [9.17, 15) is 9.59 Å². The highest BCUT2D eigenvalue weighted by molar-refractivity contribution is 6.01. The van der Waals surface area contributed by atoms with Crippen LogP contribution in [0.1, 0.15) is 6.92 Å². The van der Waals surface area contributed by atoms with Crippen molar-refractivity contribution < 1.29 is 19.1 Å². The molecule has 3 rings (SSSR count). The Bertz CT molecular complexity index is 607. The molecule has 0 aromatic heterocycles. The minimum atomic E-state index is -0.559. The third kappa shape index (κ3) is 3.91. The van der Waals surface area contributed by atoms with Crippen LogP contribution in [0.4, 0.5) is 10.5 Å². The van der Waals surface area contributed by atoms with Gasteiger partial charge in [0.2, 0.25) is 12.7 Å². The summed E-state index contributed by atoms with van der Waals surface area (Å²) in [7, 11) is 0. The van der Waals surface area contributed by atoms with Gasteiger partial charge in [-0.3, -0.25) is 15.0 Å². The predicted molar refractivity (Wildman–Crippen MR) is 83.6 cm³/mol. The van der Waals surface area contributed by atoms with E-state index in [-0.39, 0.29) is 25.3 Å². The fraction of sp³-hybridized carbons (Fsp3) is 0.467. The van der Waals surface area contributed by atoms with E-state index in [4.69, 9.17) is 9.47 Å². The average molecular weight is 320 g/mol. The predicted octanol–water partition coefficient (Wildman–Crippen LogP) is 0.357. The zero-order valence-electron chi connectivity index (χ0n) is 12.9. The summed E-state index contributed by atoms with van der Waals surface area (Å²) in [6.07, 6.45) is 0. The first-order valence-corrected chi connectivity index (χ1v) is 7.57. The number of benzene rings is 1. The Balaban J connectivity index is 1.49. The minimum Gasteiger partial charge on any atom is -0.454 e. The SMILES string of the molecule is C[C@H]1CNCCN1CC(=O)NC(=O)Nc1ccc2c(c1)OCO2. The van der Waals surface area contributed by atoms with Gasteiger partial charge in [-0.15, -0.1) is 0 Å². The van der Waals surface area contributed by atoms with Crippen LogP contribution in [0.3, 0.4) is 0 Å². The largest absolute Gasteiger partial charge is 0.454 e. The lowest BCUT2D eigenvalue weighted by Gasteiger charge is -2.33. The molecular weight excluding hydrogens is 300 g/mol. The quantitative estimate of drug-likeness (QED) is 0.745. The van der Waals surface area contributed by atoms with E-state index in [0.29, 0.717) is 17.2 Å². The number of rotatable bonds is 3. The highest BCUT2D eigenvalue weighted by Gasteiger charge is 2.21. The van der Waals surface area contributed by atoms with Crippen LogP contribution >= 0.6 is 0 Å². The van der Waals surface area contributed by atoms with Crippen LogP contribution in [0, 0.1) is 0 Å². The van der Waals surface area contributed by atoms with Crippen LogP contribution in [-0.2, 0) is 4.79 Å². The molecule has 1 aromatic rings. The molecule has 23 heavy (non-hydrogen) atoms. The normalized spacial score (nSPS) is 20.1. The van der Waals surface area contributed by atoms with Crippen LogP contribution in [0.15, 0.2) is 18.2 Å². The average Bonchev–Trinajstić information content (AvgIpc) is 2.97. The van der Waals surface area contributed by atoms with Gasteiger partial charge >= 0.3 is 6.03 Å². The molecule has 0 aliphatic carbocycles. The standard InChI is InChI=1S/C15H20N4O4/c1-10-7-16-4-5-19(10)8-14(20)18-15(21)17-11-2-3-12-13(6-11)23-9-22-12/h2-3,6,10,16H,4-5,7-9H2,1H3,(H2,17,18,20,21)/t10-/m0/s1. The van der Waals surface area contributed by atoms with E-state index in [0.717, 1.165) is 19.6 Å². The number of carbonyl (C=O) groups is 2. The van der Waals surface area contributed by atoms with Crippen LogP contribution in [0.25, 0.3) is 0 Å². The van der Waals surface area contributed by atoms with E-state index in [1.165, 1.54) is 0 Å². The molecule has 2 aliphatic heterocycles. The van der Waals surface area contributed by atoms with Gasteiger partial charge in [-0.25, -0.2) is 4.79 Å². The number of nitrogens with one attached hydrogen (secondary N) is 3. The first-order valence-electron chi connectivity index (χ1n) is 7.57. The number of fused-ring (bicyclic) bond motifs is 1. The van der Waals surface area contributed by atoms with Gasteiger partial charge in [-0.1, -0.05) is 0 Å². The van der Waals surface area contributed by atoms with Crippen molar-refractivity contribution in [2.24, 2.45) is 0 Å². The zero-order valence-corrected chi connectivity index (χ0v) is 12.9. The van der Waals surface area contributed by atoms with E-state index in [1.54, 1.807) is 18.2 Å². The van der Waals surface area contributed by atoms with Crippen molar-refractivity contribution in [3.63, 3.8) is 0 Å². The van der Waals surface area contributed by atoms with Gasteiger partial charge in [-0.05, 0) is 19.1 Å². The van der Waals surface area contributed by atoms with Crippen molar-refractivity contribution in [3.05, 3.63) is 18.2 Å². The number of amides is 3. The molecule has 1 fully saturated rings. The molecule has 0 radical (unpaired) electrons. The van der Waals surface area contributed by atoms with Crippen LogP contribution < -0.4 is 25.4 Å². The Hall–Kier alpha value is -2.32. The molecule has 3 amide bonds. The molecule has 124 valence electrons. The van der Waals surface area contributed by atoms with Gasteiger partial charge in [0.05, 0.1) is 6.54 Å². The summed E-state index contributed by atoms with van der Waals surface area (Å²) in [5, 5.41) is 8.21. The monoisotopic (exact) mass is 320 g/mol. The molecule has 0 saturated carbocycles. The number of urea groups is 1. The number of carbonyl (C=O) groups excluding carboxylic acids is 2. The van der Waals surface area contributed by atoms with Gasteiger partial charge in [0.1, 0.15) is 0 Å². The number of imide groups is 1. The van der Waals surface area contributed by atoms with E-state index in [1.807, 2.05) is 11.8 Å². The molecule has 8 nitrogen and oxygen atoms in total. The smallest absolute Gasteiger partial charge is 0.325 e. The molecule has 3 N–H and O–H groups in total. The van der Waals surface area contributed by atoms with E-state index < -0.39 is 6.03 Å². The van der Waals surface area contributed by atoms with Crippen molar-refractivity contribution in [1.82, 2.24) is 15.5 Å². The molecule has 1 aromatic carbocycles. The second-order valence-corrected chi connectivity index (χ2v) is 5.59. The van der Waals surface area contributed by atoms with Gasteiger partial charge < -0.3 is 20.1 Å². The maximum Gasteiger partial charge on any atom is 0.325 e. The molecule has 0 unspecified atom stereocenters. The van der Waals surface area contributed by atoms with E-state index >= 15 is 0 Å². The Morgan fingerprint density at radius 3 is 3.00 bits per heavy atom. The number of anilines is 1. The molecule has 0 bridgehead atoms. The van der Waals surface area contributed by atoms with Crippen LogP contribution in [-0.4, -0.2) is 55.9 Å². The Labute approximate surface area is 134 Å². The summed E-state index contributed by atoms with van der Waals surface area (Å²) >= 11 is 0. The third-order valence-electron chi connectivity index (χ3n) is 3.87. The summed E-state index contributed by atoms with van der Waals surface area (Å²) in [5.74, 6) is 0.889. The van der Waals surface area contributed by atoms with Crippen LogP contribution in [0.5, 0.6) is 11.5 Å². The van der Waals surface area contributed by atoms with Gasteiger partial charge in [0, 0.05) is 37.4 Å². The number of hydrogen-bond donors (Lipinski definition) is 3. The maximum atomic E-state index is 12.0. The molecule has 8 heteroatoms. The van der Waals surface area contributed by atoms with Crippen molar-refractivity contribution in [2.45, 2.75) is 13.0 Å². The van der Waals surface area contributed by atoms with Crippen molar-refractivity contribution in [2.75, 3.05) is 38.3 Å². The molecular formula is C15H20N4O4. The highest BCUT2D eigenvalue weighted by atomic mass is 16.7. The van der Waals surface area contributed by atoms with Gasteiger partial charge in [-0.2, -0.15) is 0 Å². The minimum absolute atomic E-state index is 0.173. The third-order valence-corrected chi connectivity index (χ3v) is 3.87. The summed E-state index contributed by atoms with van der Waals surface area (Å²) < 4.78 is 10.4. The number of ether oxygens (including phenoxy) is 2. The summed E-state index contributed by atoms with van der Waals surface area (Å²) in [5.41, 5.74) is 0.537. The number of nitrogens with zero attached hydrogens (tertiary/aromatic N) is 1. The second-order valence-electron chi connectivity index (χ2n) is 5.59. The molecule has 2 heterocycles. The zero-order chi connectivity index (χ0) is 16.2. The molecule has 2 aliphatic rings. The molecule has 1 saturated heterocycles. The van der Waals surface area contributed by atoms with Gasteiger partial charge in [0.15, 0.2) is 11.5 Å². The van der Waals surface area contributed by atoms with Crippen LogP contribution in [0.2, 0.25) is 0 Å². The number of piperazine rings is 1. The Morgan fingerprint density at radius 1 is 1.35 bits per heavy atom. The number of hydrogen-bond acceptors (Lipinski definition) is 6. The summed E-state index contributed by atoms with van der Waals surface area (Å²) in [6, 6.07) is 4.77. The van der Waals surface area contributed by atoms with Crippen molar-refractivity contribution in [3.8, 4) is 11.5 Å². The van der Waals surface area contributed by atoms with Crippen molar-refractivity contribution >= 4 is 17.6 Å². The van der Waals surface area contributed by atoms with Gasteiger partial charge in [0.25, 0.3) is 0 Å². The molecule has 1 atom stereocenters.